The summed E-state index contributed by atoms with van der Waals surface area (Å²) < 4.78 is 5.20. The smallest absolute Gasteiger partial charge is 0.325 e. The summed E-state index contributed by atoms with van der Waals surface area (Å²) in [7, 11) is 1.49. The van der Waals surface area contributed by atoms with Crippen molar-refractivity contribution in [1.82, 2.24) is 20.1 Å². The van der Waals surface area contributed by atoms with Crippen LogP contribution in [0.3, 0.4) is 0 Å². The van der Waals surface area contributed by atoms with Crippen molar-refractivity contribution in [3.05, 3.63) is 46.3 Å². The number of imide groups is 1. The number of amides is 4. The van der Waals surface area contributed by atoms with Gasteiger partial charge in [0, 0.05) is 19.3 Å². The van der Waals surface area contributed by atoms with Gasteiger partial charge in [-0.1, -0.05) is 0 Å². The summed E-state index contributed by atoms with van der Waals surface area (Å²) in [5.74, 6) is -0.0676. The number of aromatic nitrogens is 1. The molecule has 0 saturated carbocycles. The molecule has 1 N–H and O–H groups in total. The Morgan fingerprint density at radius 2 is 2.10 bits per heavy atom. The minimum Gasteiger partial charge on any atom is -0.480 e. The highest BCUT2D eigenvalue weighted by Gasteiger charge is 2.52. The average Bonchev–Trinajstić information content (AvgIpc) is 3.36. The van der Waals surface area contributed by atoms with Gasteiger partial charge < -0.3 is 15.0 Å². The summed E-state index contributed by atoms with van der Waals surface area (Å²) >= 11 is 1.54. The molecule has 2 aliphatic heterocycles. The van der Waals surface area contributed by atoms with E-state index in [1.807, 2.05) is 16.8 Å². The summed E-state index contributed by atoms with van der Waals surface area (Å²) in [4.78, 5) is 45.7. The fraction of sp³-hybridized carbons (Fsp3) is 0.429. The maximum Gasteiger partial charge on any atom is 0.325 e. The molecule has 0 aliphatic carbocycles. The second kappa shape index (κ2) is 8.06. The second-order valence-electron chi connectivity index (χ2n) is 7.78. The quantitative estimate of drug-likeness (QED) is 0.739. The molecule has 0 spiro atoms. The number of nitrogens with one attached hydrogen (secondary N) is 1. The first-order chi connectivity index (χ1) is 14.4. The van der Waals surface area contributed by atoms with Crippen LogP contribution in [0.5, 0.6) is 5.88 Å². The lowest BCUT2D eigenvalue weighted by Crippen LogP contribution is -2.54. The number of carbonyl (C=O) groups is 3. The molecule has 2 fully saturated rings. The van der Waals surface area contributed by atoms with E-state index in [2.05, 4.69) is 10.3 Å². The monoisotopic (exact) mass is 428 g/mol. The van der Waals surface area contributed by atoms with Gasteiger partial charge in [-0.3, -0.25) is 14.5 Å². The zero-order valence-corrected chi connectivity index (χ0v) is 17.8. The third-order valence-electron chi connectivity index (χ3n) is 6.02. The molecule has 8 nitrogen and oxygen atoms in total. The van der Waals surface area contributed by atoms with Crippen molar-refractivity contribution in [2.75, 3.05) is 20.2 Å². The fourth-order valence-corrected chi connectivity index (χ4v) is 4.91. The van der Waals surface area contributed by atoms with Crippen LogP contribution in [-0.2, 0) is 11.3 Å². The van der Waals surface area contributed by atoms with E-state index >= 15 is 0 Å². The van der Waals surface area contributed by atoms with Gasteiger partial charge in [0.25, 0.3) is 11.8 Å². The SMILES string of the molecule is COc1ncccc1C(=O)N1CCC([C@@]2(C)NC(=O)N(Cc3ccsc3)C2=O)CC1. The molecule has 4 amide bonds. The van der Waals surface area contributed by atoms with Crippen LogP contribution >= 0.6 is 11.3 Å². The van der Waals surface area contributed by atoms with Crippen LogP contribution in [0.25, 0.3) is 0 Å². The molecule has 4 heterocycles. The van der Waals surface area contributed by atoms with Crippen LogP contribution in [0.2, 0.25) is 0 Å². The lowest BCUT2D eigenvalue weighted by atomic mass is 9.78. The number of carbonyl (C=O) groups excluding carboxylic acids is 3. The van der Waals surface area contributed by atoms with Gasteiger partial charge in [0.2, 0.25) is 5.88 Å². The Morgan fingerprint density at radius 3 is 2.77 bits per heavy atom. The number of nitrogens with zero attached hydrogens (tertiary/aromatic N) is 3. The second-order valence-corrected chi connectivity index (χ2v) is 8.56. The van der Waals surface area contributed by atoms with Crippen LogP contribution in [-0.4, -0.2) is 58.4 Å². The predicted octanol–water partition coefficient (Wildman–Crippen LogP) is 2.51. The first-order valence-corrected chi connectivity index (χ1v) is 10.8. The number of rotatable bonds is 5. The van der Waals surface area contributed by atoms with Crippen LogP contribution in [0.1, 0.15) is 35.7 Å². The fourth-order valence-electron chi connectivity index (χ4n) is 4.25. The molecule has 1 atom stereocenters. The number of ether oxygens (including phenoxy) is 1. The van der Waals surface area contributed by atoms with E-state index in [1.54, 1.807) is 30.2 Å². The molecule has 158 valence electrons. The van der Waals surface area contributed by atoms with E-state index < -0.39 is 5.54 Å². The highest BCUT2D eigenvalue weighted by molar-refractivity contribution is 7.07. The summed E-state index contributed by atoms with van der Waals surface area (Å²) in [6.07, 6.45) is 2.84. The van der Waals surface area contributed by atoms with Crippen molar-refractivity contribution in [2.24, 2.45) is 5.92 Å². The Hall–Kier alpha value is -2.94. The zero-order valence-electron chi connectivity index (χ0n) is 17.0. The molecule has 9 heteroatoms. The van der Waals surface area contributed by atoms with Crippen LogP contribution in [0.4, 0.5) is 4.79 Å². The van der Waals surface area contributed by atoms with Gasteiger partial charge in [-0.25, -0.2) is 9.78 Å². The largest absolute Gasteiger partial charge is 0.480 e. The van der Waals surface area contributed by atoms with Crippen LogP contribution < -0.4 is 10.1 Å². The minimum atomic E-state index is -0.950. The lowest BCUT2D eigenvalue weighted by Gasteiger charge is -2.39. The number of urea groups is 1. The molecule has 2 aliphatic rings. The predicted molar refractivity (Wildman–Crippen MR) is 111 cm³/mol. The van der Waals surface area contributed by atoms with Crippen molar-refractivity contribution >= 4 is 29.2 Å². The zero-order chi connectivity index (χ0) is 21.3. The Balaban J connectivity index is 1.43. The molecule has 0 radical (unpaired) electrons. The van der Waals surface area contributed by atoms with Crippen LogP contribution in [0.15, 0.2) is 35.2 Å². The van der Waals surface area contributed by atoms with Gasteiger partial charge in [-0.05, 0) is 60.2 Å². The topological polar surface area (TPSA) is 91.8 Å². The van der Waals surface area contributed by atoms with E-state index in [-0.39, 0.29) is 30.3 Å². The number of piperidine rings is 1. The van der Waals surface area contributed by atoms with E-state index in [0.717, 1.165) is 5.56 Å². The average molecular weight is 429 g/mol. The molecular formula is C21H24N4O4S. The summed E-state index contributed by atoms with van der Waals surface area (Å²) in [6, 6.07) is 4.97. The van der Waals surface area contributed by atoms with E-state index in [9.17, 15) is 14.4 Å². The molecule has 0 aromatic carbocycles. The van der Waals surface area contributed by atoms with E-state index in [1.165, 1.54) is 23.3 Å². The number of hydrogen-bond acceptors (Lipinski definition) is 6. The number of pyridine rings is 1. The Bertz CT molecular complexity index is 956. The molecule has 2 aromatic rings. The lowest BCUT2D eigenvalue weighted by molar-refractivity contribution is -0.133. The van der Waals surface area contributed by atoms with Crippen molar-refractivity contribution in [3.8, 4) is 5.88 Å². The molecular weight excluding hydrogens is 404 g/mol. The highest BCUT2D eigenvalue weighted by Crippen LogP contribution is 2.34. The number of hydrogen-bond donors (Lipinski definition) is 1. The van der Waals surface area contributed by atoms with E-state index in [0.29, 0.717) is 37.4 Å². The van der Waals surface area contributed by atoms with Crippen molar-refractivity contribution in [1.29, 1.82) is 0 Å². The summed E-state index contributed by atoms with van der Waals surface area (Å²) in [6.45, 7) is 3.09. The Morgan fingerprint density at radius 1 is 1.33 bits per heavy atom. The van der Waals surface area contributed by atoms with Gasteiger partial charge in [0.1, 0.15) is 11.1 Å². The maximum atomic E-state index is 13.1. The van der Waals surface area contributed by atoms with Crippen molar-refractivity contribution in [2.45, 2.75) is 31.8 Å². The summed E-state index contributed by atoms with van der Waals surface area (Å²) in [5, 5.41) is 6.78. The first-order valence-electron chi connectivity index (χ1n) is 9.87. The van der Waals surface area contributed by atoms with Gasteiger partial charge in [0.05, 0.1) is 13.7 Å². The van der Waals surface area contributed by atoms with Gasteiger partial charge in [-0.2, -0.15) is 11.3 Å². The van der Waals surface area contributed by atoms with E-state index in [4.69, 9.17) is 4.74 Å². The van der Waals surface area contributed by atoms with Crippen molar-refractivity contribution < 1.29 is 19.1 Å². The Kier molecular flexibility index (Phi) is 5.46. The molecule has 2 saturated heterocycles. The number of methoxy groups -OCH3 is 1. The maximum absolute atomic E-state index is 13.1. The summed E-state index contributed by atoms with van der Waals surface area (Å²) in [5.41, 5.74) is 0.421. The third-order valence-corrected chi connectivity index (χ3v) is 6.75. The minimum absolute atomic E-state index is 0.0405. The molecule has 0 unspecified atom stereocenters. The van der Waals surface area contributed by atoms with Crippen molar-refractivity contribution in [3.63, 3.8) is 0 Å². The van der Waals surface area contributed by atoms with Gasteiger partial charge in [-0.15, -0.1) is 0 Å². The number of thiophene rings is 1. The Labute approximate surface area is 178 Å². The third kappa shape index (κ3) is 3.54. The molecule has 2 aromatic heterocycles. The highest BCUT2D eigenvalue weighted by atomic mass is 32.1. The molecule has 0 bridgehead atoms. The standard InChI is InChI=1S/C21H24N4O4S/c1-21(19(27)25(20(28)23-21)12-14-7-11-30-13-14)15-5-9-24(10-6-15)18(26)16-4-3-8-22-17(16)29-2/h3-4,7-8,11,13,15H,5-6,9-10,12H2,1-2H3,(H,23,28)/t21-/m1/s1. The molecule has 30 heavy (non-hydrogen) atoms. The number of likely N-dealkylation sites (tertiary alicyclic amines) is 1. The van der Waals surface area contributed by atoms with Gasteiger partial charge >= 0.3 is 6.03 Å². The normalized spacial score (nSPS) is 22.3. The van der Waals surface area contributed by atoms with Crippen LogP contribution in [0, 0.1) is 5.92 Å². The first kappa shape index (κ1) is 20.3. The van der Waals surface area contributed by atoms with Gasteiger partial charge in [0.15, 0.2) is 0 Å². The molecule has 4 rings (SSSR count).